The number of ketones is 1. The van der Waals surface area contributed by atoms with E-state index in [2.05, 4.69) is 20.3 Å². The Morgan fingerprint density at radius 3 is 2.40 bits per heavy atom. The molecule has 156 valence electrons. The number of halogens is 1. The Bertz CT molecular complexity index is 898. The van der Waals surface area contributed by atoms with E-state index in [1.165, 1.54) is 24.8 Å². The standard InChI is InChI=1S/C23H25FN4O2/c1-14-10-26-19(12-25-14)21(30)28-23-7-15-4-16(8-23)6-22(5-15,13-23)9-20(29)18-3-2-17(24)11-27-18/h2-3,10-12,15-16H,4-9,13H2,1H3,(H,28,30). The van der Waals surface area contributed by atoms with Crippen LogP contribution in [0.4, 0.5) is 4.39 Å². The fourth-order valence-corrected chi connectivity index (χ4v) is 6.59. The summed E-state index contributed by atoms with van der Waals surface area (Å²) < 4.78 is 13.2. The first kappa shape index (κ1) is 19.3. The minimum Gasteiger partial charge on any atom is -0.345 e. The van der Waals surface area contributed by atoms with E-state index in [4.69, 9.17) is 0 Å². The number of carbonyl (C=O) groups is 2. The van der Waals surface area contributed by atoms with Gasteiger partial charge in [-0.15, -0.1) is 0 Å². The van der Waals surface area contributed by atoms with Gasteiger partial charge in [-0.05, 0) is 74.8 Å². The lowest BCUT2D eigenvalue weighted by Crippen LogP contribution is -2.63. The lowest BCUT2D eigenvalue weighted by molar-refractivity contribution is -0.0771. The third kappa shape index (κ3) is 3.50. The first-order valence-electron chi connectivity index (χ1n) is 10.6. The molecule has 4 aliphatic rings. The Morgan fingerprint density at radius 2 is 1.77 bits per heavy atom. The van der Waals surface area contributed by atoms with Crippen molar-refractivity contribution in [3.63, 3.8) is 0 Å². The molecular formula is C23H25FN4O2. The quantitative estimate of drug-likeness (QED) is 0.763. The molecule has 4 fully saturated rings. The molecule has 0 saturated heterocycles. The molecule has 6 rings (SSSR count). The van der Waals surface area contributed by atoms with Gasteiger partial charge in [-0.1, -0.05) is 0 Å². The van der Waals surface area contributed by atoms with E-state index in [0.717, 1.165) is 44.0 Å². The molecular weight excluding hydrogens is 383 g/mol. The van der Waals surface area contributed by atoms with E-state index < -0.39 is 5.82 Å². The Kier molecular flexibility index (Phi) is 4.45. The van der Waals surface area contributed by atoms with E-state index in [0.29, 0.717) is 29.6 Å². The highest BCUT2D eigenvalue weighted by Crippen LogP contribution is 2.63. The lowest BCUT2D eigenvalue weighted by Gasteiger charge is -2.62. The highest BCUT2D eigenvalue weighted by atomic mass is 19.1. The fraction of sp³-hybridized carbons (Fsp3) is 0.522. The van der Waals surface area contributed by atoms with Crippen LogP contribution < -0.4 is 5.32 Å². The highest BCUT2D eigenvalue weighted by Gasteiger charge is 2.58. The van der Waals surface area contributed by atoms with Crippen LogP contribution in [0.15, 0.2) is 30.7 Å². The van der Waals surface area contributed by atoms with Gasteiger partial charge in [0.1, 0.15) is 17.2 Å². The molecule has 6 nitrogen and oxygen atoms in total. The van der Waals surface area contributed by atoms with Gasteiger partial charge in [0.25, 0.3) is 5.91 Å². The molecule has 4 aliphatic carbocycles. The Hall–Kier alpha value is -2.70. The van der Waals surface area contributed by atoms with Crippen molar-refractivity contribution >= 4 is 11.7 Å². The van der Waals surface area contributed by atoms with Crippen LogP contribution in [0, 0.1) is 30.0 Å². The van der Waals surface area contributed by atoms with Gasteiger partial charge in [0.15, 0.2) is 5.78 Å². The monoisotopic (exact) mass is 408 g/mol. The summed E-state index contributed by atoms with van der Waals surface area (Å²) in [6.45, 7) is 1.84. The molecule has 2 unspecified atom stereocenters. The molecule has 1 N–H and O–H groups in total. The van der Waals surface area contributed by atoms with E-state index in [1.807, 2.05) is 6.92 Å². The van der Waals surface area contributed by atoms with Crippen LogP contribution in [-0.2, 0) is 0 Å². The molecule has 0 aromatic carbocycles. The normalized spacial score (nSPS) is 31.5. The zero-order chi connectivity index (χ0) is 20.9. The number of hydrogen-bond donors (Lipinski definition) is 1. The van der Waals surface area contributed by atoms with Crippen molar-refractivity contribution in [1.82, 2.24) is 20.3 Å². The average Bonchev–Trinajstić information content (AvgIpc) is 2.67. The number of aryl methyl sites for hydroxylation is 1. The molecule has 2 heterocycles. The number of amides is 1. The van der Waals surface area contributed by atoms with Gasteiger partial charge < -0.3 is 5.32 Å². The van der Waals surface area contributed by atoms with Crippen LogP contribution in [0.1, 0.15) is 71.6 Å². The summed E-state index contributed by atoms with van der Waals surface area (Å²) in [6, 6.07) is 2.75. The van der Waals surface area contributed by atoms with Crippen molar-refractivity contribution < 1.29 is 14.0 Å². The van der Waals surface area contributed by atoms with Gasteiger partial charge in [-0.3, -0.25) is 19.6 Å². The van der Waals surface area contributed by atoms with Crippen molar-refractivity contribution in [3.8, 4) is 0 Å². The largest absolute Gasteiger partial charge is 0.345 e. The summed E-state index contributed by atoms with van der Waals surface area (Å²) in [4.78, 5) is 38.2. The van der Waals surface area contributed by atoms with Crippen molar-refractivity contribution in [2.24, 2.45) is 17.3 Å². The number of pyridine rings is 1. The summed E-state index contributed by atoms with van der Waals surface area (Å²) in [7, 11) is 0. The van der Waals surface area contributed by atoms with Crippen LogP contribution in [0.2, 0.25) is 0 Å². The molecule has 0 radical (unpaired) electrons. The van der Waals surface area contributed by atoms with E-state index in [-0.39, 0.29) is 22.6 Å². The Morgan fingerprint density at radius 1 is 1.03 bits per heavy atom. The number of aromatic nitrogens is 3. The molecule has 0 aliphatic heterocycles. The van der Waals surface area contributed by atoms with Gasteiger partial charge in [-0.25, -0.2) is 9.37 Å². The summed E-state index contributed by atoms with van der Waals surface area (Å²) in [5.74, 6) is 0.366. The van der Waals surface area contributed by atoms with Crippen LogP contribution in [0.5, 0.6) is 0 Å². The second kappa shape index (κ2) is 6.93. The minimum absolute atomic E-state index is 0.0390. The van der Waals surface area contributed by atoms with Crippen LogP contribution in [0.3, 0.4) is 0 Å². The van der Waals surface area contributed by atoms with Gasteiger partial charge in [0, 0.05) is 18.2 Å². The maximum absolute atomic E-state index is 13.2. The minimum atomic E-state index is -0.442. The number of carbonyl (C=O) groups excluding carboxylic acids is 2. The van der Waals surface area contributed by atoms with Gasteiger partial charge in [-0.2, -0.15) is 0 Å². The highest BCUT2D eigenvalue weighted by molar-refractivity contribution is 5.95. The van der Waals surface area contributed by atoms with Gasteiger partial charge >= 0.3 is 0 Å². The predicted octanol–water partition coefficient (Wildman–Crippen LogP) is 3.66. The molecule has 4 bridgehead atoms. The molecule has 7 heteroatoms. The zero-order valence-electron chi connectivity index (χ0n) is 17.0. The van der Waals surface area contributed by atoms with Gasteiger partial charge in [0.2, 0.25) is 0 Å². The number of nitrogens with one attached hydrogen (secondary N) is 1. The van der Waals surface area contributed by atoms with Crippen molar-refractivity contribution in [1.29, 1.82) is 0 Å². The molecule has 0 spiro atoms. The van der Waals surface area contributed by atoms with Crippen LogP contribution in [0.25, 0.3) is 0 Å². The second-order valence-corrected chi connectivity index (χ2v) is 9.70. The first-order chi connectivity index (χ1) is 14.3. The number of nitrogens with zero attached hydrogens (tertiary/aromatic N) is 3. The predicted molar refractivity (Wildman–Crippen MR) is 107 cm³/mol. The molecule has 1 amide bonds. The van der Waals surface area contributed by atoms with E-state index >= 15 is 0 Å². The lowest BCUT2D eigenvalue weighted by atomic mass is 9.46. The number of Topliss-reactive ketones (excluding diaryl/α,β-unsaturated/α-hetero) is 1. The molecule has 4 saturated carbocycles. The zero-order valence-corrected chi connectivity index (χ0v) is 17.0. The molecule has 2 aromatic rings. The molecule has 2 atom stereocenters. The smallest absolute Gasteiger partial charge is 0.271 e. The first-order valence-corrected chi connectivity index (χ1v) is 10.6. The topological polar surface area (TPSA) is 84.8 Å². The molecule has 2 aromatic heterocycles. The van der Waals surface area contributed by atoms with Crippen LogP contribution >= 0.6 is 0 Å². The van der Waals surface area contributed by atoms with Crippen molar-refractivity contribution in [3.05, 3.63) is 53.6 Å². The summed E-state index contributed by atoms with van der Waals surface area (Å²) in [5, 5.41) is 3.29. The van der Waals surface area contributed by atoms with E-state index in [1.54, 1.807) is 6.20 Å². The Labute approximate surface area is 174 Å². The maximum Gasteiger partial charge on any atom is 0.271 e. The summed E-state index contributed by atoms with van der Waals surface area (Å²) in [5.41, 5.74) is 1.01. The average molecular weight is 408 g/mol. The molecule has 30 heavy (non-hydrogen) atoms. The maximum atomic E-state index is 13.2. The van der Waals surface area contributed by atoms with Gasteiger partial charge in [0.05, 0.1) is 18.1 Å². The Balaban J connectivity index is 1.36. The van der Waals surface area contributed by atoms with Crippen LogP contribution in [-0.4, -0.2) is 32.2 Å². The second-order valence-electron chi connectivity index (χ2n) is 9.70. The van der Waals surface area contributed by atoms with Crippen molar-refractivity contribution in [2.45, 2.75) is 57.4 Å². The van der Waals surface area contributed by atoms with Crippen molar-refractivity contribution in [2.75, 3.05) is 0 Å². The summed E-state index contributed by atoms with van der Waals surface area (Å²) >= 11 is 0. The SMILES string of the molecule is Cc1cnc(C(=O)NC23CC4CC(CC(CC(=O)c5ccc(F)cn5)(C4)C2)C3)cn1. The number of rotatable bonds is 5. The third-order valence-electron chi connectivity index (χ3n) is 7.12. The summed E-state index contributed by atoms with van der Waals surface area (Å²) in [6.07, 6.45) is 10.5. The van der Waals surface area contributed by atoms with E-state index in [9.17, 15) is 14.0 Å². The third-order valence-corrected chi connectivity index (χ3v) is 7.12. The fourth-order valence-electron chi connectivity index (χ4n) is 6.59. The number of hydrogen-bond acceptors (Lipinski definition) is 5.